The third-order valence-electron chi connectivity index (χ3n) is 10.3. The highest BCUT2D eigenvalue weighted by Gasteiger charge is 2.39. The molecule has 1 aromatic heterocycles. The Morgan fingerprint density at radius 1 is 0.521 bits per heavy atom. The molecule has 1 aliphatic heterocycles. The van der Waals surface area contributed by atoms with Gasteiger partial charge in [-0.3, -0.25) is 0 Å². The zero-order chi connectivity index (χ0) is 32.4. The fourth-order valence-corrected chi connectivity index (χ4v) is 7.86. The van der Waals surface area contributed by atoms with E-state index in [1.165, 1.54) is 72.3 Å². The van der Waals surface area contributed by atoms with Crippen LogP contribution < -0.4 is 4.90 Å². The number of para-hydroxylation sites is 2. The van der Waals surface area contributed by atoms with Gasteiger partial charge in [-0.1, -0.05) is 130 Å². The lowest BCUT2D eigenvalue weighted by atomic mass is 9.78. The maximum absolute atomic E-state index is 2.52. The molecule has 0 saturated heterocycles. The highest BCUT2D eigenvalue weighted by atomic mass is 15.2. The fourth-order valence-electron chi connectivity index (χ4n) is 7.86. The van der Waals surface area contributed by atoms with Crippen molar-refractivity contribution < 1.29 is 0 Å². The molecule has 0 radical (unpaired) electrons. The average molecular weight is 619 g/mol. The predicted molar refractivity (Wildman–Crippen MR) is 203 cm³/mol. The molecular formula is C46H38N2. The number of hydrogen-bond donors (Lipinski definition) is 0. The first-order valence-corrected chi connectivity index (χ1v) is 17.0. The minimum atomic E-state index is 0.0965. The van der Waals surface area contributed by atoms with Gasteiger partial charge < -0.3 is 9.47 Å². The summed E-state index contributed by atoms with van der Waals surface area (Å²) in [6.45, 7) is 6.94. The molecule has 2 atom stereocenters. The first-order chi connectivity index (χ1) is 23.4. The van der Waals surface area contributed by atoms with Gasteiger partial charge in [0.15, 0.2) is 0 Å². The largest absolute Gasteiger partial charge is 0.333 e. The first-order valence-electron chi connectivity index (χ1n) is 17.0. The zero-order valence-corrected chi connectivity index (χ0v) is 27.6. The van der Waals surface area contributed by atoms with Crippen molar-refractivity contribution in [2.45, 2.75) is 32.7 Å². The van der Waals surface area contributed by atoms with Gasteiger partial charge >= 0.3 is 0 Å². The van der Waals surface area contributed by atoms with Crippen LogP contribution in [0.4, 0.5) is 11.4 Å². The molecule has 0 amide bonds. The van der Waals surface area contributed by atoms with Crippen LogP contribution in [0.3, 0.4) is 0 Å². The van der Waals surface area contributed by atoms with Crippen molar-refractivity contribution in [1.82, 2.24) is 4.57 Å². The molecule has 0 saturated carbocycles. The molecule has 48 heavy (non-hydrogen) atoms. The van der Waals surface area contributed by atoms with Crippen LogP contribution in [0.1, 0.15) is 32.3 Å². The molecule has 9 rings (SSSR count). The van der Waals surface area contributed by atoms with E-state index in [0.29, 0.717) is 5.92 Å². The lowest BCUT2D eigenvalue weighted by Gasteiger charge is -2.32. The molecule has 0 bridgehead atoms. The van der Waals surface area contributed by atoms with E-state index < -0.39 is 0 Å². The van der Waals surface area contributed by atoms with Gasteiger partial charge in [-0.15, -0.1) is 0 Å². The third-order valence-corrected chi connectivity index (χ3v) is 10.3. The summed E-state index contributed by atoms with van der Waals surface area (Å²) in [5.41, 5.74) is 14.0. The fraction of sp³-hybridized carbons (Fsp3) is 0.130. The minimum absolute atomic E-state index is 0.0965. The molecule has 2 heterocycles. The van der Waals surface area contributed by atoms with E-state index in [0.717, 1.165) is 0 Å². The van der Waals surface area contributed by atoms with Crippen molar-refractivity contribution in [3.63, 3.8) is 0 Å². The monoisotopic (exact) mass is 618 g/mol. The summed E-state index contributed by atoms with van der Waals surface area (Å²) in [6.07, 6.45) is 7.30. The number of benzene rings is 6. The van der Waals surface area contributed by atoms with Crippen LogP contribution in [0.15, 0.2) is 169 Å². The minimum Gasteiger partial charge on any atom is -0.333 e. The van der Waals surface area contributed by atoms with E-state index in [-0.39, 0.29) is 11.5 Å². The Kier molecular flexibility index (Phi) is 6.55. The van der Waals surface area contributed by atoms with Gasteiger partial charge in [-0.05, 0) is 93.4 Å². The molecule has 0 N–H and O–H groups in total. The molecule has 2 unspecified atom stereocenters. The van der Waals surface area contributed by atoms with Crippen molar-refractivity contribution >= 4 is 33.2 Å². The molecule has 0 spiro atoms. The highest BCUT2D eigenvalue weighted by Crippen LogP contribution is 2.51. The lowest BCUT2D eigenvalue weighted by Crippen LogP contribution is -2.30. The van der Waals surface area contributed by atoms with Crippen LogP contribution in [0.2, 0.25) is 0 Å². The van der Waals surface area contributed by atoms with E-state index in [9.17, 15) is 0 Å². The summed E-state index contributed by atoms with van der Waals surface area (Å²) in [6, 6.07) is 53.6. The van der Waals surface area contributed by atoms with Crippen LogP contribution in [-0.4, -0.2) is 10.6 Å². The SMILES string of the molecule is CC(C)(C)C1=CC2c3cc(-c4ccc5c(c4)c4ccccc4n5-c4cccc(-c5ccccc5)c4)ccc3N(c3ccccc3)C2C=C1. The third kappa shape index (κ3) is 4.63. The molecule has 7 aromatic rings. The Hall–Kier alpha value is -5.60. The van der Waals surface area contributed by atoms with Crippen molar-refractivity contribution in [2.24, 2.45) is 5.41 Å². The molecule has 2 nitrogen and oxygen atoms in total. The van der Waals surface area contributed by atoms with Crippen molar-refractivity contribution in [3.05, 3.63) is 175 Å². The summed E-state index contributed by atoms with van der Waals surface area (Å²) in [7, 11) is 0. The Bertz CT molecular complexity index is 2390. The summed E-state index contributed by atoms with van der Waals surface area (Å²) < 4.78 is 2.42. The van der Waals surface area contributed by atoms with Crippen molar-refractivity contribution in [1.29, 1.82) is 0 Å². The number of rotatable bonds is 4. The molecule has 2 heteroatoms. The summed E-state index contributed by atoms with van der Waals surface area (Å²) in [5.74, 6) is 0.293. The van der Waals surface area contributed by atoms with Gasteiger partial charge in [0.05, 0.1) is 17.1 Å². The zero-order valence-electron chi connectivity index (χ0n) is 27.6. The smallest absolute Gasteiger partial charge is 0.0629 e. The van der Waals surface area contributed by atoms with Gasteiger partial charge in [0.1, 0.15) is 0 Å². The van der Waals surface area contributed by atoms with Crippen molar-refractivity contribution in [3.8, 4) is 27.9 Å². The van der Waals surface area contributed by atoms with E-state index in [4.69, 9.17) is 0 Å². The maximum Gasteiger partial charge on any atom is 0.0629 e. The second-order valence-corrected chi connectivity index (χ2v) is 14.2. The van der Waals surface area contributed by atoms with E-state index in [1.807, 2.05) is 0 Å². The second-order valence-electron chi connectivity index (χ2n) is 14.2. The number of nitrogens with zero attached hydrogens (tertiary/aromatic N) is 2. The first kappa shape index (κ1) is 28.6. The quantitative estimate of drug-likeness (QED) is 0.190. The van der Waals surface area contributed by atoms with E-state index in [2.05, 4.69) is 194 Å². The average Bonchev–Trinajstić information content (AvgIpc) is 3.64. The molecule has 6 aromatic carbocycles. The number of hydrogen-bond acceptors (Lipinski definition) is 1. The standard InChI is InChI=1S/C46H38N2/c1-46(2,3)35-23-26-45-41(30-35)40-29-34(22-25-44(40)47(45)36-16-8-5-9-17-36)33-21-24-43-39(28-33)38-19-10-11-20-42(38)48(43)37-18-12-15-32(27-37)31-13-6-4-7-14-31/h4-30,41,45H,1-3H3. The van der Waals surface area contributed by atoms with Gasteiger partial charge in [0, 0.05) is 33.8 Å². The van der Waals surface area contributed by atoms with Gasteiger partial charge in [0.2, 0.25) is 0 Å². The Morgan fingerprint density at radius 2 is 1.17 bits per heavy atom. The highest BCUT2D eigenvalue weighted by molar-refractivity contribution is 6.10. The molecule has 232 valence electrons. The molecule has 0 fully saturated rings. The van der Waals surface area contributed by atoms with Gasteiger partial charge in [-0.2, -0.15) is 0 Å². The van der Waals surface area contributed by atoms with Crippen LogP contribution in [0.25, 0.3) is 49.7 Å². The number of anilines is 2. The lowest BCUT2D eigenvalue weighted by molar-refractivity contribution is 0.507. The summed E-state index contributed by atoms with van der Waals surface area (Å²) in [5, 5.41) is 2.54. The van der Waals surface area contributed by atoms with Gasteiger partial charge in [-0.25, -0.2) is 0 Å². The van der Waals surface area contributed by atoms with Crippen LogP contribution in [-0.2, 0) is 0 Å². The number of fused-ring (bicyclic) bond motifs is 6. The second kappa shape index (κ2) is 11.0. The maximum atomic E-state index is 2.52. The molecule has 2 aliphatic rings. The van der Waals surface area contributed by atoms with E-state index in [1.54, 1.807) is 0 Å². The summed E-state index contributed by atoms with van der Waals surface area (Å²) >= 11 is 0. The van der Waals surface area contributed by atoms with Gasteiger partial charge in [0.25, 0.3) is 0 Å². The van der Waals surface area contributed by atoms with Crippen molar-refractivity contribution in [2.75, 3.05) is 4.90 Å². The Labute approximate surface area is 282 Å². The normalized spacial score (nSPS) is 17.1. The summed E-state index contributed by atoms with van der Waals surface area (Å²) in [4.78, 5) is 2.52. The number of allylic oxidation sites excluding steroid dienone is 2. The van der Waals surface area contributed by atoms with Crippen LogP contribution in [0.5, 0.6) is 0 Å². The van der Waals surface area contributed by atoms with E-state index >= 15 is 0 Å². The predicted octanol–water partition coefficient (Wildman–Crippen LogP) is 12.3. The van der Waals surface area contributed by atoms with Crippen LogP contribution in [0, 0.1) is 5.41 Å². The van der Waals surface area contributed by atoms with Crippen LogP contribution >= 0.6 is 0 Å². The molecular weight excluding hydrogens is 581 g/mol. The Balaban J connectivity index is 1.18. The Morgan fingerprint density at radius 3 is 1.98 bits per heavy atom. The topological polar surface area (TPSA) is 8.17 Å². The molecule has 1 aliphatic carbocycles. The number of aromatic nitrogens is 1.